The molecule has 106 valence electrons. The lowest BCUT2D eigenvalue weighted by molar-refractivity contribution is -0.110. The van der Waals surface area contributed by atoms with Crippen LogP contribution < -0.4 is 5.32 Å². The molecule has 0 radical (unpaired) electrons. The molecule has 0 aliphatic rings. The van der Waals surface area contributed by atoms with E-state index in [1.165, 1.54) is 5.56 Å². The van der Waals surface area contributed by atoms with Gasteiger partial charge in [0.25, 0.3) is 0 Å². The van der Waals surface area contributed by atoms with Crippen LogP contribution in [0, 0.1) is 0 Å². The number of nitrogens with one attached hydrogen (secondary N) is 1. The largest absolute Gasteiger partial charge is 0.349 e. The van der Waals surface area contributed by atoms with Crippen LogP contribution in [0.4, 0.5) is 0 Å². The molecular weight excluding hydrogens is 262 g/mol. The van der Waals surface area contributed by atoms with Crippen molar-refractivity contribution in [2.45, 2.75) is 19.5 Å². The molecule has 0 aliphatic carbocycles. The molecule has 3 aromatic rings. The lowest BCUT2D eigenvalue weighted by Gasteiger charge is -2.14. The number of fused-ring (bicyclic) bond motifs is 1. The van der Waals surface area contributed by atoms with Crippen molar-refractivity contribution >= 4 is 17.4 Å². The van der Waals surface area contributed by atoms with Crippen LogP contribution in [0.3, 0.4) is 0 Å². The van der Waals surface area contributed by atoms with E-state index in [1.54, 1.807) is 0 Å². The second-order valence-corrected chi connectivity index (χ2v) is 5.04. The highest BCUT2D eigenvalue weighted by Crippen LogP contribution is 2.22. The molecule has 0 aliphatic heterocycles. The van der Waals surface area contributed by atoms with E-state index in [0.29, 0.717) is 0 Å². The normalized spacial score (nSPS) is 12.2. The maximum absolute atomic E-state index is 10.7. The van der Waals surface area contributed by atoms with Crippen molar-refractivity contribution in [1.29, 1.82) is 0 Å². The summed E-state index contributed by atoms with van der Waals surface area (Å²) in [6, 6.07) is 18.2. The highest BCUT2D eigenvalue weighted by Gasteiger charge is 2.15. The van der Waals surface area contributed by atoms with Crippen LogP contribution in [-0.4, -0.2) is 16.0 Å². The Kier molecular flexibility index (Phi) is 3.69. The molecule has 1 amide bonds. The predicted octanol–water partition coefficient (Wildman–Crippen LogP) is 2.89. The third-order valence-electron chi connectivity index (χ3n) is 3.57. The van der Waals surface area contributed by atoms with Crippen molar-refractivity contribution < 1.29 is 4.79 Å². The van der Waals surface area contributed by atoms with Gasteiger partial charge in [0.15, 0.2) is 0 Å². The Morgan fingerprint density at radius 1 is 1.14 bits per heavy atom. The first-order valence-corrected chi connectivity index (χ1v) is 6.98. The Labute approximate surface area is 123 Å². The number of para-hydroxylation sites is 2. The van der Waals surface area contributed by atoms with Crippen molar-refractivity contribution in [3.63, 3.8) is 0 Å². The maximum Gasteiger partial charge on any atom is 0.207 e. The van der Waals surface area contributed by atoms with Crippen molar-refractivity contribution in [1.82, 2.24) is 14.9 Å². The number of carbonyl (C=O) groups is 1. The number of benzene rings is 2. The minimum Gasteiger partial charge on any atom is -0.349 e. The van der Waals surface area contributed by atoms with Gasteiger partial charge in [0.1, 0.15) is 5.82 Å². The summed E-state index contributed by atoms with van der Waals surface area (Å²) >= 11 is 0. The van der Waals surface area contributed by atoms with E-state index in [2.05, 4.69) is 33.1 Å². The molecule has 4 nitrogen and oxygen atoms in total. The van der Waals surface area contributed by atoms with E-state index in [1.807, 2.05) is 43.3 Å². The first-order chi connectivity index (χ1) is 10.3. The second kappa shape index (κ2) is 5.79. The average molecular weight is 279 g/mol. The molecule has 3 rings (SSSR count). The first-order valence-electron chi connectivity index (χ1n) is 6.98. The molecule has 21 heavy (non-hydrogen) atoms. The van der Waals surface area contributed by atoms with Crippen LogP contribution in [0.1, 0.15) is 24.4 Å². The Morgan fingerprint density at radius 3 is 2.62 bits per heavy atom. The van der Waals surface area contributed by atoms with Crippen LogP contribution in [0.15, 0.2) is 54.6 Å². The monoisotopic (exact) mass is 279 g/mol. The van der Waals surface area contributed by atoms with Crippen LogP contribution in [-0.2, 0) is 11.3 Å². The molecule has 4 heteroatoms. The lowest BCUT2D eigenvalue weighted by atomic mass is 10.2. The van der Waals surface area contributed by atoms with E-state index in [4.69, 9.17) is 0 Å². The van der Waals surface area contributed by atoms with E-state index < -0.39 is 0 Å². The lowest BCUT2D eigenvalue weighted by Crippen LogP contribution is -2.20. The fourth-order valence-electron chi connectivity index (χ4n) is 2.53. The van der Waals surface area contributed by atoms with E-state index in [-0.39, 0.29) is 6.04 Å². The molecule has 0 unspecified atom stereocenters. The number of carbonyl (C=O) groups excluding carboxylic acids is 1. The third kappa shape index (κ3) is 2.65. The molecule has 0 spiro atoms. The molecule has 1 aromatic heterocycles. The maximum atomic E-state index is 10.7. The van der Waals surface area contributed by atoms with Crippen molar-refractivity contribution in [3.8, 4) is 0 Å². The first kappa shape index (κ1) is 13.4. The molecule has 1 atom stereocenters. The summed E-state index contributed by atoms with van der Waals surface area (Å²) in [5.74, 6) is 0.868. The summed E-state index contributed by atoms with van der Waals surface area (Å²) in [5.41, 5.74) is 3.24. The van der Waals surface area contributed by atoms with E-state index in [9.17, 15) is 4.79 Å². The minimum atomic E-state index is -0.126. The molecule has 2 aromatic carbocycles. The number of imidazole rings is 1. The van der Waals surface area contributed by atoms with Crippen LogP contribution in [0.25, 0.3) is 11.0 Å². The van der Waals surface area contributed by atoms with Gasteiger partial charge in [0.2, 0.25) is 6.41 Å². The summed E-state index contributed by atoms with van der Waals surface area (Å²) in [6.07, 6.45) is 0.719. The van der Waals surface area contributed by atoms with Crippen LogP contribution in [0.2, 0.25) is 0 Å². The average Bonchev–Trinajstić information content (AvgIpc) is 2.88. The molecule has 0 bridgehead atoms. The van der Waals surface area contributed by atoms with Crippen molar-refractivity contribution in [2.24, 2.45) is 0 Å². The topological polar surface area (TPSA) is 46.9 Å². The molecule has 1 heterocycles. The molecule has 0 saturated carbocycles. The smallest absolute Gasteiger partial charge is 0.207 e. The van der Waals surface area contributed by atoms with Gasteiger partial charge >= 0.3 is 0 Å². The summed E-state index contributed by atoms with van der Waals surface area (Å²) in [7, 11) is 0. The summed E-state index contributed by atoms with van der Waals surface area (Å²) in [5, 5.41) is 2.79. The number of nitrogens with zero attached hydrogens (tertiary/aromatic N) is 2. The van der Waals surface area contributed by atoms with Gasteiger partial charge in [-0.1, -0.05) is 42.5 Å². The molecule has 0 fully saturated rings. The quantitative estimate of drug-likeness (QED) is 0.730. The Morgan fingerprint density at radius 2 is 1.86 bits per heavy atom. The molecule has 1 N–H and O–H groups in total. The number of rotatable bonds is 5. The van der Waals surface area contributed by atoms with Gasteiger partial charge in [0, 0.05) is 6.54 Å². The fourth-order valence-corrected chi connectivity index (χ4v) is 2.53. The number of hydrogen-bond donors (Lipinski definition) is 1. The second-order valence-electron chi connectivity index (χ2n) is 5.04. The summed E-state index contributed by atoms with van der Waals surface area (Å²) < 4.78 is 2.16. The van der Waals surface area contributed by atoms with Crippen molar-refractivity contribution in [3.05, 3.63) is 66.0 Å². The van der Waals surface area contributed by atoms with Gasteiger partial charge in [-0.15, -0.1) is 0 Å². The zero-order valence-electron chi connectivity index (χ0n) is 11.9. The van der Waals surface area contributed by atoms with Gasteiger partial charge < -0.3 is 9.88 Å². The number of aromatic nitrogens is 2. The van der Waals surface area contributed by atoms with Gasteiger partial charge in [-0.2, -0.15) is 0 Å². The van der Waals surface area contributed by atoms with Gasteiger partial charge in [-0.25, -0.2) is 4.98 Å². The highest BCUT2D eigenvalue weighted by atomic mass is 16.1. The zero-order valence-corrected chi connectivity index (χ0v) is 11.9. The van der Waals surface area contributed by atoms with Gasteiger partial charge in [-0.05, 0) is 24.6 Å². The summed E-state index contributed by atoms with van der Waals surface area (Å²) in [6.45, 7) is 2.68. The highest BCUT2D eigenvalue weighted by molar-refractivity contribution is 5.76. The zero-order chi connectivity index (χ0) is 14.7. The van der Waals surface area contributed by atoms with E-state index in [0.717, 1.165) is 29.8 Å². The SMILES string of the molecule is C[C@@H](NC=O)c1nc2ccccc2n1Cc1ccccc1. The minimum absolute atomic E-state index is 0.126. The van der Waals surface area contributed by atoms with E-state index >= 15 is 0 Å². The summed E-state index contributed by atoms with van der Waals surface area (Å²) in [4.78, 5) is 15.4. The van der Waals surface area contributed by atoms with Crippen LogP contribution >= 0.6 is 0 Å². The Bertz CT molecular complexity index is 749. The Hall–Kier alpha value is -2.62. The predicted molar refractivity (Wildman–Crippen MR) is 82.9 cm³/mol. The molecular formula is C17H17N3O. The fraction of sp³-hybridized carbons (Fsp3) is 0.176. The van der Waals surface area contributed by atoms with Crippen LogP contribution in [0.5, 0.6) is 0 Å². The number of hydrogen-bond acceptors (Lipinski definition) is 2. The van der Waals surface area contributed by atoms with Gasteiger partial charge in [-0.3, -0.25) is 4.79 Å². The third-order valence-corrected chi connectivity index (χ3v) is 3.57. The van der Waals surface area contributed by atoms with Gasteiger partial charge in [0.05, 0.1) is 17.1 Å². The Balaban J connectivity index is 2.09. The standard InChI is InChI=1S/C17H17N3O/c1-13(18-12-21)17-19-15-9-5-6-10-16(15)20(17)11-14-7-3-2-4-8-14/h2-10,12-13H,11H2,1H3,(H,18,21)/t13-/m1/s1. The molecule has 0 saturated heterocycles. The van der Waals surface area contributed by atoms with Crippen molar-refractivity contribution in [2.75, 3.05) is 0 Å². The number of amides is 1.